The smallest absolute Gasteiger partial charge is 0.213 e. The van der Waals surface area contributed by atoms with Crippen molar-refractivity contribution in [3.05, 3.63) is 17.5 Å². The van der Waals surface area contributed by atoms with Gasteiger partial charge in [-0.2, -0.15) is 5.10 Å². The molecule has 0 spiro atoms. The molecular weight excluding hydrogens is 316 g/mol. The predicted molar refractivity (Wildman–Crippen MR) is 90.0 cm³/mol. The fourth-order valence-electron chi connectivity index (χ4n) is 2.80. The molecule has 0 N–H and O–H groups in total. The van der Waals surface area contributed by atoms with Gasteiger partial charge in [0.15, 0.2) is 0 Å². The molecule has 0 bridgehead atoms. The third kappa shape index (κ3) is 5.27. The Morgan fingerprint density at radius 3 is 2.74 bits per heavy atom. The van der Waals surface area contributed by atoms with Crippen LogP contribution in [0, 0.1) is 13.8 Å². The monoisotopic (exact) mass is 344 g/mol. The van der Waals surface area contributed by atoms with Crippen molar-refractivity contribution >= 4 is 10.0 Å². The van der Waals surface area contributed by atoms with Crippen LogP contribution in [0.25, 0.3) is 0 Å². The zero-order valence-electron chi connectivity index (χ0n) is 14.5. The van der Waals surface area contributed by atoms with Crippen molar-refractivity contribution in [1.29, 1.82) is 0 Å². The van der Waals surface area contributed by atoms with Crippen LogP contribution in [0.4, 0.5) is 0 Å². The summed E-state index contributed by atoms with van der Waals surface area (Å²) in [6.45, 7) is 7.92. The Bertz CT molecular complexity index is 612. The van der Waals surface area contributed by atoms with Crippen molar-refractivity contribution in [3.63, 3.8) is 0 Å². The quantitative estimate of drug-likeness (QED) is 0.720. The Hall–Kier alpha value is -0.960. The largest absolute Gasteiger partial charge is 0.374 e. The molecule has 0 saturated carbocycles. The first-order valence-corrected chi connectivity index (χ1v) is 9.64. The molecule has 2 rings (SSSR count). The molecule has 132 valence electrons. The second kappa shape index (κ2) is 7.74. The average molecular weight is 344 g/mol. The summed E-state index contributed by atoms with van der Waals surface area (Å²) in [5.74, 6) is 0.194. The van der Waals surface area contributed by atoms with E-state index in [2.05, 4.69) is 16.1 Å². The Morgan fingerprint density at radius 2 is 2.13 bits per heavy atom. The van der Waals surface area contributed by atoms with E-state index in [4.69, 9.17) is 4.74 Å². The number of rotatable bonds is 7. The number of aryl methyl sites for hydroxylation is 2. The topological polar surface area (TPSA) is 67.7 Å². The van der Waals surface area contributed by atoms with Gasteiger partial charge in [0, 0.05) is 32.9 Å². The van der Waals surface area contributed by atoms with E-state index in [-0.39, 0.29) is 11.9 Å². The molecule has 1 aliphatic rings. The van der Waals surface area contributed by atoms with Crippen molar-refractivity contribution in [3.8, 4) is 0 Å². The van der Waals surface area contributed by atoms with Gasteiger partial charge in [0.2, 0.25) is 10.0 Å². The zero-order valence-corrected chi connectivity index (χ0v) is 15.3. The van der Waals surface area contributed by atoms with Crippen LogP contribution >= 0.6 is 0 Å². The van der Waals surface area contributed by atoms with E-state index in [0.29, 0.717) is 13.0 Å². The van der Waals surface area contributed by atoms with Gasteiger partial charge in [-0.1, -0.05) is 0 Å². The highest BCUT2D eigenvalue weighted by Crippen LogP contribution is 2.11. The van der Waals surface area contributed by atoms with Gasteiger partial charge in [0.25, 0.3) is 0 Å². The number of sulfonamides is 1. The molecule has 23 heavy (non-hydrogen) atoms. The molecule has 0 aromatic carbocycles. The first-order chi connectivity index (χ1) is 10.8. The van der Waals surface area contributed by atoms with Gasteiger partial charge >= 0.3 is 0 Å². The van der Waals surface area contributed by atoms with Gasteiger partial charge in [-0.25, -0.2) is 12.7 Å². The Kier molecular flexibility index (Phi) is 6.19. The van der Waals surface area contributed by atoms with Crippen LogP contribution in [-0.2, 0) is 21.3 Å². The number of ether oxygens (including phenoxy) is 1. The molecule has 8 heteroatoms. The molecular formula is C15H28N4O3S. The molecule has 1 atom stereocenters. The molecule has 0 amide bonds. The predicted octanol–water partition coefficient (Wildman–Crippen LogP) is 0.482. The van der Waals surface area contributed by atoms with Crippen molar-refractivity contribution in [1.82, 2.24) is 19.0 Å². The third-order valence-corrected chi connectivity index (χ3v) is 6.05. The zero-order chi connectivity index (χ0) is 17.0. The highest BCUT2D eigenvalue weighted by molar-refractivity contribution is 7.89. The molecule has 1 fully saturated rings. The minimum Gasteiger partial charge on any atom is -0.374 e. The van der Waals surface area contributed by atoms with E-state index in [9.17, 15) is 8.42 Å². The van der Waals surface area contributed by atoms with Crippen LogP contribution in [0.15, 0.2) is 6.07 Å². The number of nitrogens with zero attached hydrogens (tertiary/aromatic N) is 4. The molecule has 1 aliphatic heterocycles. The van der Waals surface area contributed by atoms with Crippen LogP contribution in [0.3, 0.4) is 0 Å². The van der Waals surface area contributed by atoms with Crippen LogP contribution in [0.2, 0.25) is 0 Å². The van der Waals surface area contributed by atoms with Gasteiger partial charge < -0.3 is 4.74 Å². The Morgan fingerprint density at radius 1 is 1.39 bits per heavy atom. The summed E-state index contributed by atoms with van der Waals surface area (Å²) < 4.78 is 32.7. The van der Waals surface area contributed by atoms with Crippen molar-refractivity contribution in [2.24, 2.45) is 0 Å². The summed E-state index contributed by atoms with van der Waals surface area (Å²) >= 11 is 0. The lowest BCUT2D eigenvalue weighted by Gasteiger charge is -2.33. The molecule has 1 saturated heterocycles. The van der Waals surface area contributed by atoms with Gasteiger partial charge in [0.1, 0.15) is 0 Å². The van der Waals surface area contributed by atoms with E-state index in [0.717, 1.165) is 37.6 Å². The summed E-state index contributed by atoms with van der Waals surface area (Å²) in [7, 11) is 0.0531. The number of aromatic nitrogens is 2. The molecule has 1 aromatic rings. The van der Waals surface area contributed by atoms with E-state index in [1.54, 1.807) is 14.1 Å². The van der Waals surface area contributed by atoms with E-state index in [1.807, 2.05) is 18.5 Å². The van der Waals surface area contributed by atoms with Crippen LogP contribution in [0.5, 0.6) is 0 Å². The molecule has 1 aromatic heterocycles. The van der Waals surface area contributed by atoms with E-state index in [1.165, 1.54) is 4.31 Å². The first-order valence-electron chi connectivity index (χ1n) is 8.03. The number of morpholine rings is 1. The van der Waals surface area contributed by atoms with Crippen LogP contribution in [-0.4, -0.2) is 79.6 Å². The summed E-state index contributed by atoms with van der Waals surface area (Å²) in [6.07, 6.45) is 0.750. The van der Waals surface area contributed by atoms with Gasteiger partial charge in [-0.15, -0.1) is 0 Å². The Labute approximate surface area is 139 Å². The maximum absolute atomic E-state index is 11.8. The minimum atomic E-state index is -3.10. The fourth-order valence-corrected chi connectivity index (χ4v) is 3.66. The van der Waals surface area contributed by atoms with E-state index >= 15 is 0 Å². The highest BCUT2D eigenvalue weighted by atomic mass is 32.2. The standard InChI is InChI=1S/C15H28N4O3S/c1-13-10-14(2)19(16-13)12-15-11-18(7-8-22-15)6-5-9-23(20,21)17(3)4/h10,15H,5-9,11-12H2,1-4H3/t15-/m1/s1. The summed E-state index contributed by atoms with van der Waals surface area (Å²) in [4.78, 5) is 2.28. The SMILES string of the molecule is Cc1cc(C)n(C[C@H]2CN(CCCS(=O)(=O)N(C)C)CCO2)n1. The highest BCUT2D eigenvalue weighted by Gasteiger charge is 2.22. The van der Waals surface area contributed by atoms with Crippen molar-refractivity contribution < 1.29 is 13.2 Å². The average Bonchev–Trinajstić information content (AvgIpc) is 2.77. The van der Waals surface area contributed by atoms with Crippen LogP contribution in [0.1, 0.15) is 17.8 Å². The summed E-state index contributed by atoms with van der Waals surface area (Å²) in [5.41, 5.74) is 2.16. The second-order valence-electron chi connectivity index (χ2n) is 6.35. The molecule has 0 radical (unpaired) electrons. The number of hydrogen-bond acceptors (Lipinski definition) is 5. The van der Waals surface area contributed by atoms with Crippen LogP contribution < -0.4 is 0 Å². The van der Waals surface area contributed by atoms with Gasteiger partial charge in [0.05, 0.1) is 30.7 Å². The lowest BCUT2D eigenvalue weighted by atomic mass is 10.2. The van der Waals surface area contributed by atoms with Crippen molar-refractivity contribution in [2.45, 2.75) is 32.9 Å². The normalized spacial score (nSPS) is 20.3. The molecule has 2 heterocycles. The van der Waals surface area contributed by atoms with Gasteiger partial charge in [-0.3, -0.25) is 9.58 Å². The van der Waals surface area contributed by atoms with Crippen molar-refractivity contribution in [2.75, 3.05) is 46.1 Å². The van der Waals surface area contributed by atoms with E-state index < -0.39 is 10.0 Å². The lowest BCUT2D eigenvalue weighted by Crippen LogP contribution is -2.45. The van der Waals surface area contributed by atoms with Gasteiger partial charge in [-0.05, 0) is 32.9 Å². The molecule has 0 aliphatic carbocycles. The maximum atomic E-state index is 11.8. The number of hydrogen-bond donors (Lipinski definition) is 0. The molecule has 0 unspecified atom stereocenters. The molecule has 7 nitrogen and oxygen atoms in total. The summed E-state index contributed by atoms with van der Waals surface area (Å²) in [6, 6.07) is 2.06. The maximum Gasteiger partial charge on any atom is 0.213 e. The second-order valence-corrected chi connectivity index (χ2v) is 8.66. The fraction of sp³-hybridized carbons (Fsp3) is 0.800. The first kappa shape index (κ1) is 18.4. The minimum absolute atomic E-state index is 0.104. The summed E-state index contributed by atoms with van der Waals surface area (Å²) in [5, 5.41) is 4.48. The third-order valence-electron chi connectivity index (χ3n) is 4.14. The Balaban J connectivity index is 1.80. The lowest BCUT2D eigenvalue weighted by molar-refractivity contribution is -0.0375.